The molecule has 184 valence electrons. The molecule has 2 heterocycles. The number of nitrogens with zero attached hydrogens (tertiary/aromatic N) is 3. The standard InChI is InChI=1S/C23H28ClFN4O5/c1-14(7-9-26-19(30)13-32-16-5-6-17(24)18(25)11-16)20-27-28-21(33-20)15-8-10-29(12-15)22(31)34-23(2,3)4/h5-6,11,15H,1,7-10,12-13H2,2-4H3,(H,26,30)/t15-/m0/s1. The number of ether oxygens (including phenoxy) is 2. The fourth-order valence-corrected chi connectivity index (χ4v) is 3.34. The number of carbonyl (C=O) groups excluding carboxylic acids is 2. The average molecular weight is 495 g/mol. The molecule has 1 aliphatic rings. The SMILES string of the molecule is C=C(CCNC(=O)COc1ccc(Cl)c(F)c1)c1nnc([C@H]2CCN(C(=O)OC(C)(C)C)C2)o1. The number of rotatable bonds is 8. The number of carbonyl (C=O) groups is 2. The lowest BCUT2D eigenvalue weighted by Gasteiger charge is -2.24. The average Bonchev–Trinajstić information content (AvgIpc) is 3.43. The Kier molecular flexibility index (Phi) is 8.14. The summed E-state index contributed by atoms with van der Waals surface area (Å²) in [5.41, 5.74) is 0.0154. The van der Waals surface area contributed by atoms with Crippen LogP contribution in [0.3, 0.4) is 0 Å². The zero-order valence-corrected chi connectivity index (χ0v) is 20.2. The molecule has 0 unspecified atom stereocenters. The molecule has 2 amide bonds. The number of likely N-dealkylation sites (tertiary alicyclic amines) is 1. The van der Waals surface area contributed by atoms with E-state index in [0.717, 1.165) is 6.07 Å². The molecule has 0 saturated carbocycles. The highest BCUT2D eigenvalue weighted by Crippen LogP contribution is 2.28. The summed E-state index contributed by atoms with van der Waals surface area (Å²) < 4.78 is 29.8. The zero-order valence-electron chi connectivity index (χ0n) is 19.4. The lowest BCUT2D eigenvalue weighted by atomic mass is 10.1. The number of nitrogens with one attached hydrogen (secondary N) is 1. The van der Waals surface area contributed by atoms with Gasteiger partial charge in [-0.1, -0.05) is 18.2 Å². The fraction of sp³-hybridized carbons (Fsp3) is 0.478. The van der Waals surface area contributed by atoms with Gasteiger partial charge in [-0.3, -0.25) is 4.79 Å². The summed E-state index contributed by atoms with van der Waals surface area (Å²) in [6.07, 6.45) is 0.721. The smallest absolute Gasteiger partial charge is 0.410 e. The molecule has 0 aliphatic carbocycles. The number of amides is 2. The maximum absolute atomic E-state index is 13.4. The van der Waals surface area contributed by atoms with Crippen LogP contribution in [0.2, 0.25) is 5.02 Å². The lowest BCUT2D eigenvalue weighted by molar-refractivity contribution is -0.123. The first-order chi connectivity index (χ1) is 16.0. The van der Waals surface area contributed by atoms with Gasteiger partial charge in [0, 0.05) is 31.3 Å². The monoisotopic (exact) mass is 494 g/mol. The third kappa shape index (κ3) is 7.18. The Balaban J connectivity index is 1.41. The molecule has 1 N–H and O–H groups in total. The van der Waals surface area contributed by atoms with Crippen LogP contribution < -0.4 is 10.1 Å². The second-order valence-electron chi connectivity index (χ2n) is 8.93. The van der Waals surface area contributed by atoms with Crippen LogP contribution in [0.25, 0.3) is 5.57 Å². The Morgan fingerprint density at radius 3 is 2.82 bits per heavy atom. The van der Waals surface area contributed by atoms with Gasteiger partial charge in [0.1, 0.15) is 17.2 Å². The molecular formula is C23H28ClFN4O5. The Morgan fingerprint density at radius 1 is 1.35 bits per heavy atom. The van der Waals surface area contributed by atoms with E-state index in [1.54, 1.807) is 4.90 Å². The van der Waals surface area contributed by atoms with Crippen LogP contribution in [0.1, 0.15) is 51.3 Å². The van der Waals surface area contributed by atoms with Crippen molar-refractivity contribution in [3.05, 3.63) is 47.4 Å². The van der Waals surface area contributed by atoms with Gasteiger partial charge in [0.15, 0.2) is 6.61 Å². The molecule has 1 aromatic heterocycles. The van der Waals surface area contributed by atoms with Gasteiger partial charge in [0.2, 0.25) is 11.8 Å². The van der Waals surface area contributed by atoms with Crippen LogP contribution in [-0.2, 0) is 9.53 Å². The van der Waals surface area contributed by atoms with Crippen LogP contribution in [-0.4, -0.2) is 58.9 Å². The molecular weight excluding hydrogens is 467 g/mol. The van der Waals surface area contributed by atoms with Crippen LogP contribution >= 0.6 is 11.6 Å². The first-order valence-electron chi connectivity index (χ1n) is 10.9. The third-order valence-corrected chi connectivity index (χ3v) is 5.25. The molecule has 9 nitrogen and oxygen atoms in total. The van der Waals surface area contributed by atoms with Gasteiger partial charge < -0.3 is 24.1 Å². The summed E-state index contributed by atoms with van der Waals surface area (Å²) in [7, 11) is 0. The van der Waals surface area contributed by atoms with Gasteiger partial charge >= 0.3 is 6.09 Å². The molecule has 0 spiro atoms. The van der Waals surface area contributed by atoms with Gasteiger partial charge in [-0.2, -0.15) is 0 Å². The molecule has 0 radical (unpaired) electrons. The minimum Gasteiger partial charge on any atom is -0.484 e. The summed E-state index contributed by atoms with van der Waals surface area (Å²) >= 11 is 5.61. The second kappa shape index (κ2) is 10.9. The first kappa shape index (κ1) is 25.5. The van der Waals surface area contributed by atoms with E-state index < -0.39 is 11.4 Å². The maximum Gasteiger partial charge on any atom is 0.410 e. The summed E-state index contributed by atoms with van der Waals surface area (Å²) in [4.78, 5) is 25.8. The highest BCUT2D eigenvalue weighted by atomic mass is 35.5. The summed E-state index contributed by atoms with van der Waals surface area (Å²) in [6, 6.07) is 3.94. The maximum atomic E-state index is 13.4. The van der Waals surface area contributed by atoms with Crippen molar-refractivity contribution in [2.45, 2.75) is 45.1 Å². The Bertz CT molecular complexity index is 1050. The quantitative estimate of drug-likeness (QED) is 0.586. The summed E-state index contributed by atoms with van der Waals surface area (Å²) in [6.45, 7) is 10.4. The highest BCUT2D eigenvalue weighted by Gasteiger charge is 2.33. The minimum atomic E-state index is -0.620. The molecule has 1 aromatic carbocycles. The number of hydrogen-bond acceptors (Lipinski definition) is 7. The van der Waals surface area contributed by atoms with Gasteiger partial charge in [0.05, 0.1) is 10.9 Å². The molecule has 0 bridgehead atoms. The van der Waals surface area contributed by atoms with Crippen molar-refractivity contribution in [2.24, 2.45) is 0 Å². The van der Waals surface area contributed by atoms with E-state index in [4.69, 9.17) is 25.5 Å². The van der Waals surface area contributed by atoms with Crippen molar-refractivity contribution >= 4 is 29.2 Å². The van der Waals surface area contributed by atoms with E-state index in [-0.39, 0.29) is 47.7 Å². The van der Waals surface area contributed by atoms with Crippen molar-refractivity contribution in [3.63, 3.8) is 0 Å². The van der Waals surface area contributed by atoms with Crippen molar-refractivity contribution in [1.82, 2.24) is 20.4 Å². The molecule has 1 saturated heterocycles. The number of aromatic nitrogens is 2. The van der Waals surface area contributed by atoms with Crippen LogP contribution in [0.15, 0.2) is 29.2 Å². The third-order valence-electron chi connectivity index (χ3n) is 4.94. The molecule has 34 heavy (non-hydrogen) atoms. The molecule has 11 heteroatoms. The van der Waals surface area contributed by atoms with E-state index >= 15 is 0 Å². The van der Waals surface area contributed by atoms with Crippen LogP contribution in [0.5, 0.6) is 5.75 Å². The van der Waals surface area contributed by atoms with Gasteiger partial charge in [-0.05, 0) is 45.7 Å². The number of halogens is 2. The van der Waals surface area contributed by atoms with Gasteiger partial charge in [0.25, 0.3) is 5.91 Å². The Morgan fingerprint density at radius 2 is 2.12 bits per heavy atom. The van der Waals surface area contributed by atoms with E-state index in [1.165, 1.54) is 12.1 Å². The van der Waals surface area contributed by atoms with Crippen molar-refractivity contribution in [3.8, 4) is 5.75 Å². The first-order valence-corrected chi connectivity index (χ1v) is 11.2. The number of hydrogen-bond donors (Lipinski definition) is 1. The highest BCUT2D eigenvalue weighted by molar-refractivity contribution is 6.30. The van der Waals surface area contributed by atoms with E-state index in [2.05, 4.69) is 22.1 Å². The van der Waals surface area contributed by atoms with E-state index in [9.17, 15) is 14.0 Å². The van der Waals surface area contributed by atoms with E-state index in [0.29, 0.717) is 37.4 Å². The second-order valence-corrected chi connectivity index (χ2v) is 9.33. The number of benzene rings is 1. The normalized spacial score (nSPS) is 15.8. The Labute approximate surface area is 202 Å². The van der Waals surface area contributed by atoms with Gasteiger partial charge in [-0.25, -0.2) is 9.18 Å². The summed E-state index contributed by atoms with van der Waals surface area (Å²) in [5, 5.41) is 10.8. The molecule has 3 rings (SSSR count). The molecule has 2 aromatic rings. The zero-order chi connectivity index (χ0) is 24.9. The van der Waals surface area contributed by atoms with Crippen LogP contribution in [0, 0.1) is 5.82 Å². The topological polar surface area (TPSA) is 107 Å². The van der Waals surface area contributed by atoms with Crippen LogP contribution in [0.4, 0.5) is 9.18 Å². The molecule has 1 atom stereocenters. The Hall–Kier alpha value is -3.14. The predicted molar refractivity (Wildman–Crippen MR) is 123 cm³/mol. The van der Waals surface area contributed by atoms with Crippen molar-refractivity contribution < 1.29 is 27.9 Å². The lowest BCUT2D eigenvalue weighted by Crippen LogP contribution is -2.35. The minimum absolute atomic E-state index is 0.0206. The van der Waals surface area contributed by atoms with E-state index in [1.807, 2.05) is 20.8 Å². The molecule has 1 aliphatic heterocycles. The van der Waals surface area contributed by atoms with Crippen molar-refractivity contribution in [2.75, 3.05) is 26.2 Å². The van der Waals surface area contributed by atoms with Gasteiger partial charge in [-0.15, -0.1) is 10.2 Å². The van der Waals surface area contributed by atoms with Crippen molar-refractivity contribution in [1.29, 1.82) is 0 Å². The fourth-order valence-electron chi connectivity index (χ4n) is 3.22. The predicted octanol–water partition coefficient (Wildman–Crippen LogP) is 4.19. The largest absolute Gasteiger partial charge is 0.484 e. The molecule has 1 fully saturated rings. The summed E-state index contributed by atoms with van der Waals surface area (Å²) in [5.74, 6) is -0.136.